The number of hydrogen-bond donors (Lipinski definition) is 1. The maximum atomic E-state index is 15.3. The first-order chi connectivity index (χ1) is 20.1. The molecule has 6 rings (SSSR count). The highest BCUT2D eigenvalue weighted by atomic mass is 19.1. The molecule has 6 aromatic rings. The number of benzene rings is 2. The molecule has 0 fully saturated rings. The smallest absolute Gasteiger partial charge is 0.284 e. The van der Waals surface area contributed by atoms with Crippen LogP contribution in [0.1, 0.15) is 27.5 Å². The molecule has 0 spiro atoms. The summed E-state index contributed by atoms with van der Waals surface area (Å²) in [6, 6.07) is 12.8. The molecule has 0 bridgehead atoms. The van der Waals surface area contributed by atoms with Crippen LogP contribution >= 0.6 is 0 Å². The maximum absolute atomic E-state index is 15.3. The molecule has 1 amide bonds. The highest BCUT2D eigenvalue weighted by Gasteiger charge is 2.23. The Bertz CT molecular complexity index is 2030. The normalized spacial score (nSPS) is 11.3. The third-order valence-electron chi connectivity index (χ3n) is 7.08. The number of rotatable bonds is 6. The number of ether oxygens (including phenoxy) is 1. The Morgan fingerprint density at radius 3 is 2.45 bits per heavy atom. The number of halogens is 2. The topological polar surface area (TPSA) is 109 Å². The Morgan fingerprint density at radius 2 is 1.76 bits per heavy atom. The lowest BCUT2D eigenvalue weighted by Gasteiger charge is -2.11. The number of carbonyl (C=O) groups excluding carboxylic acids is 1. The van der Waals surface area contributed by atoms with Gasteiger partial charge in [-0.2, -0.15) is 5.10 Å². The van der Waals surface area contributed by atoms with Gasteiger partial charge in [0.05, 0.1) is 23.3 Å². The van der Waals surface area contributed by atoms with E-state index in [0.717, 1.165) is 17.2 Å². The van der Waals surface area contributed by atoms with E-state index in [2.05, 4.69) is 15.6 Å². The van der Waals surface area contributed by atoms with Gasteiger partial charge in [-0.1, -0.05) is 5.16 Å². The van der Waals surface area contributed by atoms with Crippen molar-refractivity contribution in [2.24, 2.45) is 7.05 Å². The van der Waals surface area contributed by atoms with Crippen LogP contribution < -0.4 is 15.6 Å². The number of anilines is 1. The molecule has 1 N–H and O–H groups in total. The average molecular weight is 571 g/mol. The molecule has 2 aromatic carbocycles. The van der Waals surface area contributed by atoms with Crippen molar-refractivity contribution >= 4 is 17.1 Å². The summed E-state index contributed by atoms with van der Waals surface area (Å²) in [6.07, 6.45) is 3.29. The van der Waals surface area contributed by atoms with Crippen molar-refractivity contribution in [3.8, 4) is 28.3 Å². The van der Waals surface area contributed by atoms with E-state index in [1.54, 1.807) is 37.7 Å². The third-order valence-corrected chi connectivity index (χ3v) is 7.08. The summed E-state index contributed by atoms with van der Waals surface area (Å²) in [5.41, 5.74) is 3.03. The number of aryl methyl sites for hydroxylation is 2. The number of nitrogens with zero attached hydrogens (tertiary/aromatic N) is 5. The summed E-state index contributed by atoms with van der Waals surface area (Å²) in [5, 5.41) is 10.9. The molecule has 0 saturated carbocycles. The number of hydrogen-bond acceptors (Lipinski definition) is 6. The Balaban J connectivity index is 1.28. The van der Waals surface area contributed by atoms with Crippen LogP contribution in [-0.2, 0) is 7.05 Å². The molecule has 0 radical (unpaired) electrons. The van der Waals surface area contributed by atoms with Gasteiger partial charge in [-0.25, -0.2) is 18.0 Å². The summed E-state index contributed by atoms with van der Waals surface area (Å²) in [6.45, 7) is 5.24. The molecule has 0 aliphatic rings. The van der Waals surface area contributed by atoms with Crippen LogP contribution in [0.5, 0.6) is 11.5 Å². The van der Waals surface area contributed by atoms with Crippen LogP contribution in [0.15, 0.2) is 76.3 Å². The van der Waals surface area contributed by atoms with E-state index in [4.69, 9.17) is 9.26 Å². The van der Waals surface area contributed by atoms with E-state index in [-0.39, 0.29) is 17.0 Å². The predicted octanol–water partition coefficient (Wildman–Crippen LogP) is 5.73. The first-order valence-corrected chi connectivity index (χ1v) is 12.9. The molecule has 0 unspecified atom stereocenters. The van der Waals surface area contributed by atoms with Crippen molar-refractivity contribution in [2.75, 3.05) is 5.32 Å². The third kappa shape index (κ3) is 4.42. The van der Waals surface area contributed by atoms with Gasteiger partial charge >= 0.3 is 0 Å². The van der Waals surface area contributed by atoms with Gasteiger partial charge in [0.25, 0.3) is 11.5 Å². The van der Waals surface area contributed by atoms with E-state index in [9.17, 15) is 14.0 Å². The van der Waals surface area contributed by atoms with Crippen LogP contribution in [0.3, 0.4) is 0 Å². The summed E-state index contributed by atoms with van der Waals surface area (Å²) < 4.78 is 44.3. The van der Waals surface area contributed by atoms with Crippen molar-refractivity contribution in [3.63, 3.8) is 0 Å². The first kappa shape index (κ1) is 26.7. The van der Waals surface area contributed by atoms with Crippen molar-refractivity contribution in [1.29, 1.82) is 0 Å². The zero-order valence-electron chi connectivity index (χ0n) is 23.0. The lowest BCUT2D eigenvalue weighted by Crippen LogP contribution is -2.25. The van der Waals surface area contributed by atoms with Crippen LogP contribution in [-0.4, -0.2) is 30.0 Å². The second-order valence-corrected chi connectivity index (χ2v) is 9.70. The minimum atomic E-state index is -0.735. The Morgan fingerprint density at radius 1 is 1.00 bits per heavy atom. The van der Waals surface area contributed by atoms with Crippen LogP contribution in [0.4, 0.5) is 14.5 Å². The summed E-state index contributed by atoms with van der Waals surface area (Å²) in [5.74, 6) is -1.01. The monoisotopic (exact) mass is 570 g/mol. The van der Waals surface area contributed by atoms with E-state index < -0.39 is 23.1 Å². The minimum absolute atomic E-state index is 0.0819. The first-order valence-electron chi connectivity index (χ1n) is 12.9. The summed E-state index contributed by atoms with van der Waals surface area (Å²) in [4.78, 5) is 26.3. The van der Waals surface area contributed by atoms with Crippen LogP contribution in [0.2, 0.25) is 0 Å². The van der Waals surface area contributed by atoms with E-state index in [1.807, 2.05) is 13.0 Å². The molecule has 0 atom stereocenters. The molecule has 212 valence electrons. The number of nitrogens with one attached hydrogen (secondary N) is 1. The Kier molecular flexibility index (Phi) is 6.45. The fourth-order valence-corrected chi connectivity index (χ4v) is 4.98. The Labute approximate surface area is 237 Å². The zero-order valence-corrected chi connectivity index (χ0v) is 23.0. The standard InChI is InChI=1S/C30H24F2N6O4/c1-16-26(18(3)42-35-16)22-12-14-37-28(22)25(11-13-33-37)41-24-10-7-20(15-23(24)32)34-29(39)27-17(2)36(4)38(30(27)40)21-8-5-19(31)6-9-21/h5-15H,1-4H3,(H,34,39). The molecule has 0 saturated heterocycles. The highest BCUT2D eigenvalue weighted by molar-refractivity contribution is 6.05. The van der Waals surface area contributed by atoms with Gasteiger partial charge in [0.1, 0.15) is 22.7 Å². The fourth-order valence-electron chi connectivity index (χ4n) is 4.98. The van der Waals surface area contributed by atoms with Gasteiger partial charge in [0.15, 0.2) is 17.3 Å². The number of fused-ring (bicyclic) bond motifs is 1. The van der Waals surface area contributed by atoms with Gasteiger partial charge in [-0.3, -0.25) is 14.3 Å². The zero-order chi connectivity index (χ0) is 29.7. The van der Waals surface area contributed by atoms with Gasteiger partial charge in [0.2, 0.25) is 0 Å². The van der Waals surface area contributed by atoms with Gasteiger partial charge < -0.3 is 14.6 Å². The van der Waals surface area contributed by atoms with Gasteiger partial charge in [-0.05, 0) is 63.2 Å². The van der Waals surface area contributed by atoms with E-state index in [0.29, 0.717) is 34.1 Å². The number of carbonyl (C=O) groups is 1. The summed E-state index contributed by atoms with van der Waals surface area (Å²) in [7, 11) is 1.61. The largest absolute Gasteiger partial charge is 0.452 e. The molecule has 0 aliphatic heterocycles. The minimum Gasteiger partial charge on any atom is -0.452 e. The molecular weight excluding hydrogens is 546 g/mol. The molecule has 12 heteroatoms. The van der Waals surface area contributed by atoms with Crippen molar-refractivity contribution < 1.29 is 22.8 Å². The fraction of sp³-hybridized carbons (Fsp3) is 0.133. The molecule has 0 aliphatic carbocycles. The second-order valence-electron chi connectivity index (χ2n) is 9.70. The predicted molar refractivity (Wildman–Crippen MR) is 150 cm³/mol. The molecular formula is C30H24F2N6O4. The average Bonchev–Trinajstić information content (AvgIpc) is 3.59. The lowest BCUT2D eigenvalue weighted by molar-refractivity contribution is 0.102. The number of aromatic nitrogens is 5. The van der Waals surface area contributed by atoms with Gasteiger partial charge in [0, 0.05) is 42.2 Å². The molecule has 4 heterocycles. The second kappa shape index (κ2) is 10.1. The Hall–Kier alpha value is -5.52. The highest BCUT2D eigenvalue weighted by Crippen LogP contribution is 2.37. The van der Waals surface area contributed by atoms with Crippen LogP contribution in [0, 0.1) is 32.4 Å². The van der Waals surface area contributed by atoms with E-state index in [1.165, 1.54) is 52.0 Å². The number of amides is 1. The van der Waals surface area contributed by atoms with Gasteiger partial charge in [-0.15, -0.1) is 0 Å². The van der Waals surface area contributed by atoms with E-state index >= 15 is 4.39 Å². The van der Waals surface area contributed by atoms with Crippen molar-refractivity contribution in [3.05, 3.63) is 112 Å². The van der Waals surface area contributed by atoms with Crippen molar-refractivity contribution in [1.82, 2.24) is 24.1 Å². The SMILES string of the molecule is Cc1noc(C)c1-c1ccn2nccc(Oc3ccc(NC(=O)c4c(C)n(C)n(-c5ccc(F)cc5)c4=O)cc3F)c12. The molecule has 4 aromatic heterocycles. The quantitative estimate of drug-likeness (QED) is 0.274. The molecule has 42 heavy (non-hydrogen) atoms. The molecule has 10 nitrogen and oxygen atoms in total. The lowest BCUT2D eigenvalue weighted by atomic mass is 10.1. The van der Waals surface area contributed by atoms with Crippen molar-refractivity contribution in [2.45, 2.75) is 20.8 Å². The summed E-state index contributed by atoms with van der Waals surface area (Å²) >= 11 is 0. The van der Waals surface area contributed by atoms with Crippen LogP contribution in [0.25, 0.3) is 22.3 Å². The maximum Gasteiger partial charge on any atom is 0.284 e.